The molecule has 17 heavy (non-hydrogen) atoms. The van der Waals surface area contributed by atoms with Gasteiger partial charge in [-0.25, -0.2) is 0 Å². The van der Waals surface area contributed by atoms with Crippen molar-refractivity contribution in [1.82, 2.24) is 0 Å². The highest BCUT2D eigenvalue weighted by Crippen LogP contribution is 2.30. The van der Waals surface area contributed by atoms with Gasteiger partial charge in [0, 0.05) is 21.2 Å². The van der Waals surface area contributed by atoms with Gasteiger partial charge in [-0.15, -0.1) is 11.8 Å². The van der Waals surface area contributed by atoms with E-state index in [9.17, 15) is 4.79 Å². The molecule has 0 aliphatic carbocycles. The SMILES string of the molecule is COC(=O)CCSc1ccc([C@H](C)N)cc1Br. The Labute approximate surface area is 114 Å². The largest absolute Gasteiger partial charge is 0.469 e. The molecule has 0 saturated carbocycles. The van der Waals surface area contributed by atoms with Crippen LogP contribution in [0.15, 0.2) is 27.6 Å². The second-order valence-electron chi connectivity index (χ2n) is 3.65. The predicted octanol–water partition coefficient (Wildman–Crippen LogP) is 3.12. The number of carbonyl (C=O) groups is 1. The van der Waals surface area contributed by atoms with Gasteiger partial charge >= 0.3 is 5.97 Å². The van der Waals surface area contributed by atoms with E-state index >= 15 is 0 Å². The molecule has 0 aromatic heterocycles. The third-order valence-electron chi connectivity index (χ3n) is 2.27. The zero-order valence-electron chi connectivity index (χ0n) is 9.90. The molecule has 1 rings (SSSR count). The van der Waals surface area contributed by atoms with E-state index < -0.39 is 0 Å². The molecule has 1 aromatic carbocycles. The number of halogens is 1. The summed E-state index contributed by atoms with van der Waals surface area (Å²) in [7, 11) is 1.40. The van der Waals surface area contributed by atoms with Gasteiger partial charge < -0.3 is 10.5 Å². The summed E-state index contributed by atoms with van der Waals surface area (Å²) in [5.74, 6) is 0.531. The van der Waals surface area contributed by atoms with Crippen LogP contribution in [0.5, 0.6) is 0 Å². The van der Waals surface area contributed by atoms with Gasteiger partial charge in [-0.1, -0.05) is 6.07 Å². The first-order valence-electron chi connectivity index (χ1n) is 5.29. The summed E-state index contributed by atoms with van der Waals surface area (Å²) in [4.78, 5) is 12.1. The number of esters is 1. The maximum absolute atomic E-state index is 11.0. The predicted molar refractivity (Wildman–Crippen MR) is 74.1 cm³/mol. The van der Waals surface area contributed by atoms with Crippen molar-refractivity contribution in [3.05, 3.63) is 28.2 Å². The van der Waals surface area contributed by atoms with Crippen LogP contribution in [0.25, 0.3) is 0 Å². The van der Waals surface area contributed by atoms with E-state index in [0.717, 1.165) is 14.9 Å². The molecule has 0 aliphatic rings. The highest BCUT2D eigenvalue weighted by atomic mass is 79.9. The molecule has 0 saturated heterocycles. The molecule has 0 radical (unpaired) electrons. The van der Waals surface area contributed by atoms with E-state index in [2.05, 4.69) is 20.7 Å². The van der Waals surface area contributed by atoms with E-state index in [1.807, 2.05) is 25.1 Å². The molecule has 1 atom stereocenters. The lowest BCUT2D eigenvalue weighted by Gasteiger charge is -2.09. The second-order valence-corrected chi connectivity index (χ2v) is 5.64. The second kappa shape index (κ2) is 7.03. The smallest absolute Gasteiger partial charge is 0.306 e. The molecular formula is C12H16BrNO2S. The topological polar surface area (TPSA) is 52.3 Å². The van der Waals surface area contributed by atoms with Crippen molar-refractivity contribution in [3.63, 3.8) is 0 Å². The minimum absolute atomic E-state index is 0.0282. The van der Waals surface area contributed by atoms with E-state index in [4.69, 9.17) is 5.73 Å². The summed E-state index contributed by atoms with van der Waals surface area (Å²) in [5, 5.41) is 0. The number of benzene rings is 1. The van der Waals surface area contributed by atoms with Crippen molar-refractivity contribution >= 4 is 33.7 Å². The molecule has 3 nitrogen and oxygen atoms in total. The summed E-state index contributed by atoms with van der Waals surface area (Å²) in [5.41, 5.74) is 6.89. The quantitative estimate of drug-likeness (QED) is 0.669. The Balaban J connectivity index is 2.57. The number of carbonyl (C=O) groups excluding carboxylic acids is 1. The van der Waals surface area contributed by atoms with Crippen molar-refractivity contribution in [1.29, 1.82) is 0 Å². The summed E-state index contributed by atoms with van der Waals surface area (Å²) in [6, 6.07) is 6.08. The van der Waals surface area contributed by atoms with Gasteiger partial charge in [0.05, 0.1) is 13.5 Å². The molecule has 94 valence electrons. The van der Waals surface area contributed by atoms with Crippen LogP contribution in [0.1, 0.15) is 24.9 Å². The van der Waals surface area contributed by atoms with Crippen molar-refractivity contribution in [2.75, 3.05) is 12.9 Å². The molecule has 0 spiro atoms. The molecule has 0 fully saturated rings. The molecule has 1 aromatic rings. The first kappa shape index (κ1) is 14.5. The van der Waals surface area contributed by atoms with Gasteiger partial charge in [0.25, 0.3) is 0 Å². The minimum Gasteiger partial charge on any atom is -0.469 e. The van der Waals surface area contributed by atoms with E-state index in [0.29, 0.717) is 12.2 Å². The fourth-order valence-electron chi connectivity index (χ4n) is 1.26. The van der Waals surface area contributed by atoms with Crippen LogP contribution in [-0.2, 0) is 9.53 Å². The number of nitrogens with two attached hydrogens (primary N) is 1. The van der Waals surface area contributed by atoms with E-state index in [-0.39, 0.29) is 12.0 Å². The number of thioether (sulfide) groups is 1. The average Bonchev–Trinajstić information content (AvgIpc) is 2.30. The summed E-state index contributed by atoms with van der Waals surface area (Å²) in [6.07, 6.45) is 0.419. The van der Waals surface area contributed by atoms with Gasteiger partial charge in [0.2, 0.25) is 0 Å². The van der Waals surface area contributed by atoms with Gasteiger partial charge in [0.15, 0.2) is 0 Å². The molecule has 2 N–H and O–H groups in total. The van der Waals surface area contributed by atoms with Crippen molar-refractivity contribution in [2.45, 2.75) is 24.3 Å². The Morgan fingerprint density at radius 2 is 2.29 bits per heavy atom. The third-order valence-corrected chi connectivity index (χ3v) is 4.27. The first-order valence-corrected chi connectivity index (χ1v) is 7.07. The van der Waals surface area contributed by atoms with Crippen molar-refractivity contribution < 1.29 is 9.53 Å². The van der Waals surface area contributed by atoms with Crippen LogP contribution in [-0.4, -0.2) is 18.8 Å². The summed E-state index contributed by atoms with van der Waals surface area (Å²) >= 11 is 5.13. The fourth-order valence-corrected chi connectivity index (χ4v) is 2.85. The van der Waals surface area contributed by atoms with Gasteiger partial charge in [0.1, 0.15) is 0 Å². The van der Waals surface area contributed by atoms with E-state index in [1.165, 1.54) is 7.11 Å². The molecule has 0 heterocycles. The highest BCUT2D eigenvalue weighted by molar-refractivity contribution is 9.10. The maximum Gasteiger partial charge on any atom is 0.306 e. The highest BCUT2D eigenvalue weighted by Gasteiger charge is 2.06. The average molecular weight is 318 g/mol. The lowest BCUT2D eigenvalue weighted by Crippen LogP contribution is -2.04. The van der Waals surface area contributed by atoms with Crippen LogP contribution in [0, 0.1) is 0 Å². The van der Waals surface area contributed by atoms with Crippen molar-refractivity contribution in [2.24, 2.45) is 5.73 Å². The van der Waals surface area contributed by atoms with Crippen LogP contribution < -0.4 is 5.73 Å². The normalized spacial score (nSPS) is 12.2. The third kappa shape index (κ3) is 4.69. The number of methoxy groups -OCH3 is 1. The first-order chi connectivity index (χ1) is 8.04. The number of hydrogen-bond acceptors (Lipinski definition) is 4. The Morgan fingerprint density at radius 1 is 1.59 bits per heavy atom. The standard InChI is InChI=1S/C12H16BrNO2S/c1-8(14)9-3-4-11(10(13)7-9)17-6-5-12(15)16-2/h3-4,7-8H,5-6,14H2,1-2H3/t8-/m0/s1. The van der Waals surface area contributed by atoms with Gasteiger partial charge in [-0.3, -0.25) is 4.79 Å². The monoisotopic (exact) mass is 317 g/mol. The lowest BCUT2D eigenvalue weighted by molar-refractivity contribution is -0.140. The summed E-state index contributed by atoms with van der Waals surface area (Å²) < 4.78 is 5.60. The van der Waals surface area contributed by atoms with Gasteiger partial charge in [-0.2, -0.15) is 0 Å². The molecule has 0 amide bonds. The zero-order valence-corrected chi connectivity index (χ0v) is 12.3. The Hall–Kier alpha value is -0.520. The molecule has 0 bridgehead atoms. The fraction of sp³-hybridized carbons (Fsp3) is 0.417. The van der Waals surface area contributed by atoms with Crippen LogP contribution in [0.3, 0.4) is 0 Å². The number of hydrogen-bond donors (Lipinski definition) is 1. The lowest BCUT2D eigenvalue weighted by atomic mass is 10.1. The van der Waals surface area contributed by atoms with Gasteiger partial charge in [-0.05, 0) is 40.5 Å². The molecule has 0 aliphatic heterocycles. The Morgan fingerprint density at radius 3 is 2.82 bits per heavy atom. The zero-order chi connectivity index (χ0) is 12.8. The Kier molecular flexibility index (Phi) is 6.02. The summed E-state index contributed by atoms with van der Waals surface area (Å²) in [6.45, 7) is 1.95. The van der Waals surface area contributed by atoms with Crippen LogP contribution in [0.4, 0.5) is 0 Å². The number of ether oxygens (including phenoxy) is 1. The number of rotatable bonds is 5. The Bertz CT molecular complexity index is 396. The minimum atomic E-state index is -0.180. The molecular weight excluding hydrogens is 302 g/mol. The van der Waals surface area contributed by atoms with E-state index in [1.54, 1.807) is 11.8 Å². The van der Waals surface area contributed by atoms with Crippen LogP contribution in [0.2, 0.25) is 0 Å². The molecule has 5 heteroatoms. The van der Waals surface area contributed by atoms with Crippen LogP contribution >= 0.6 is 27.7 Å². The maximum atomic E-state index is 11.0. The molecule has 0 unspecified atom stereocenters. The van der Waals surface area contributed by atoms with Crippen molar-refractivity contribution in [3.8, 4) is 0 Å².